The van der Waals surface area contributed by atoms with E-state index in [2.05, 4.69) is 15.8 Å². The minimum atomic E-state index is -0.339. The van der Waals surface area contributed by atoms with Gasteiger partial charge in [0.15, 0.2) is 12.4 Å². The molecule has 0 aliphatic carbocycles. The highest BCUT2D eigenvalue weighted by Crippen LogP contribution is 2.33. The minimum absolute atomic E-state index is 0.189. The fraction of sp³-hybridized carbons (Fsp3) is 0.0870. The number of hydrogen-bond acceptors (Lipinski definition) is 4. The summed E-state index contributed by atoms with van der Waals surface area (Å²) in [6.07, 6.45) is 1.41. The lowest BCUT2D eigenvalue weighted by molar-refractivity contribution is -0.118. The molecule has 0 saturated carbocycles. The van der Waals surface area contributed by atoms with Crippen LogP contribution in [0.3, 0.4) is 0 Å². The van der Waals surface area contributed by atoms with Crippen molar-refractivity contribution in [1.29, 1.82) is 0 Å². The Kier molecular flexibility index (Phi) is 7.65. The molecule has 0 aromatic heterocycles. The van der Waals surface area contributed by atoms with Crippen molar-refractivity contribution in [2.24, 2.45) is 5.10 Å². The van der Waals surface area contributed by atoms with Gasteiger partial charge in [-0.15, -0.1) is 0 Å². The summed E-state index contributed by atoms with van der Waals surface area (Å²) < 4.78 is 5.51. The third-order valence-electron chi connectivity index (χ3n) is 4.20. The predicted octanol–water partition coefficient (Wildman–Crippen LogP) is 5.08. The number of nitrogens with zero attached hydrogens (tertiary/aromatic N) is 1. The van der Waals surface area contributed by atoms with Gasteiger partial charge in [-0.3, -0.25) is 9.59 Å². The van der Waals surface area contributed by atoms with Crippen LogP contribution in [0, 0.1) is 6.92 Å². The van der Waals surface area contributed by atoms with Crippen LogP contribution in [0.15, 0.2) is 71.8 Å². The predicted molar refractivity (Wildman–Crippen MR) is 123 cm³/mol. The quantitative estimate of drug-likeness (QED) is 0.384. The fourth-order valence-corrected chi connectivity index (χ4v) is 3.26. The molecule has 6 nitrogen and oxygen atoms in total. The lowest BCUT2D eigenvalue weighted by atomic mass is 10.2. The van der Waals surface area contributed by atoms with Crippen molar-refractivity contribution in [1.82, 2.24) is 5.43 Å². The maximum atomic E-state index is 12.2. The molecular weight excluding hydrogens is 437 g/mol. The van der Waals surface area contributed by atoms with E-state index in [-0.39, 0.29) is 34.2 Å². The molecule has 31 heavy (non-hydrogen) atoms. The molecule has 2 N–H and O–H groups in total. The van der Waals surface area contributed by atoms with E-state index in [0.717, 1.165) is 5.56 Å². The fourth-order valence-electron chi connectivity index (χ4n) is 2.65. The molecule has 0 aliphatic rings. The molecule has 3 aromatic carbocycles. The number of rotatable bonds is 7. The molecule has 8 heteroatoms. The van der Waals surface area contributed by atoms with Gasteiger partial charge in [0.25, 0.3) is 11.8 Å². The lowest BCUT2D eigenvalue weighted by Gasteiger charge is -2.12. The van der Waals surface area contributed by atoms with Crippen LogP contribution in [0.25, 0.3) is 0 Å². The average Bonchev–Trinajstić information content (AvgIpc) is 2.75. The molecule has 0 aliphatic heterocycles. The molecule has 0 atom stereocenters. The first-order valence-corrected chi connectivity index (χ1v) is 10.1. The molecule has 0 radical (unpaired) electrons. The molecule has 158 valence electrons. The number of carbonyl (C=O) groups excluding carboxylic acids is 2. The molecule has 0 bridgehead atoms. The van der Waals surface area contributed by atoms with Crippen molar-refractivity contribution in [3.63, 3.8) is 0 Å². The van der Waals surface area contributed by atoms with Crippen molar-refractivity contribution in [2.45, 2.75) is 6.92 Å². The normalized spacial score (nSPS) is 10.7. The summed E-state index contributed by atoms with van der Waals surface area (Å²) in [6.45, 7) is 1.64. The molecule has 3 aromatic rings. The largest absolute Gasteiger partial charge is 0.481 e. The summed E-state index contributed by atoms with van der Waals surface area (Å²) in [5.41, 5.74) is 5.12. The summed E-state index contributed by atoms with van der Waals surface area (Å²) in [5.74, 6) is -0.488. The monoisotopic (exact) mass is 455 g/mol. The van der Waals surface area contributed by atoms with Gasteiger partial charge >= 0.3 is 0 Å². The third kappa shape index (κ3) is 6.31. The summed E-state index contributed by atoms with van der Waals surface area (Å²) in [4.78, 5) is 24.2. The van der Waals surface area contributed by atoms with Crippen LogP contribution >= 0.6 is 23.2 Å². The molecule has 0 spiro atoms. The SMILES string of the molecule is Cc1ccccc1NC(=O)COc1c(Cl)cc(/C=N/NC(=O)c2ccccc2)cc1Cl. The minimum Gasteiger partial charge on any atom is -0.481 e. The number of benzene rings is 3. The molecule has 0 heterocycles. The Labute approximate surface area is 189 Å². The number of hydrazone groups is 1. The standard InChI is InChI=1S/C23H19Cl2N3O3/c1-15-7-5-6-10-20(15)27-21(29)14-31-22-18(24)11-16(12-19(22)25)13-26-28-23(30)17-8-3-2-4-9-17/h2-13H,14H2,1H3,(H,27,29)(H,28,30)/b26-13+. The molecule has 0 unspecified atom stereocenters. The van der Waals surface area contributed by atoms with E-state index in [4.69, 9.17) is 27.9 Å². The van der Waals surface area contributed by atoms with E-state index >= 15 is 0 Å². The van der Waals surface area contributed by atoms with Gasteiger partial charge in [0, 0.05) is 11.3 Å². The Bertz CT molecular complexity index is 1100. The highest BCUT2D eigenvalue weighted by molar-refractivity contribution is 6.37. The molecule has 2 amide bonds. The summed E-state index contributed by atoms with van der Waals surface area (Å²) >= 11 is 12.5. The van der Waals surface area contributed by atoms with Gasteiger partial charge in [0.2, 0.25) is 0 Å². The number of aryl methyl sites for hydroxylation is 1. The highest BCUT2D eigenvalue weighted by atomic mass is 35.5. The van der Waals surface area contributed by atoms with Crippen molar-refractivity contribution in [2.75, 3.05) is 11.9 Å². The Morgan fingerprint density at radius 3 is 2.32 bits per heavy atom. The van der Waals surface area contributed by atoms with E-state index in [1.165, 1.54) is 6.21 Å². The molecular formula is C23H19Cl2N3O3. The zero-order chi connectivity index (χ0) is 22.2. The van der Waals surface area contributed by atoms with Crippen LogP contribution in [-0.2, 0) is 4.79 Å². The number of ether oxygens (including phenoxy) is 1. The second-order valence-electron chi connectivity index (χ2n) is 6.53. The van der Waals surface area contributed by atoms with Crippen molar-refractivity contribution >= 4 is 46.9 Å². The maximum Gasteiger partial charge on any atom is 0.271 e. The van der Waals surface area contributed by atoms with Gasteiger partial charge in [0.05, 0.1) is 16.3 Å². The summed E-state index contributed by atoms with van der Waals surface area (Å²) in [5, 5.41) is 7.11. The van der Waals surface area contributed by atoms with E-state index < -0.39 is 0 Å². The maximum absolute atomic E-state index is 12.2. The van der Waals surface area contributed by atoms with Gasteiger partial charge in [-0.25, -0.2) is 5.43 Å². The van der Waals surface area contributed by atoms with Crippen molar-refractivity contribution in [3.8, 4) is 5.75 Å². The van der Waals surface area contributed by atoms with Crippen molar-refractivity contribution < 1.29 is 14.3 Å². The van der Waals surface area contributed by atoms with Crippen LogP contribution in [0.5, 0.6) is 5.75 Å². The van der Waals surface area contributed by atoms with Crippen LogP contribution in [0.2, 0.25) is 10.0 Å². The van der Waals surface area contributed by atoms with Gasteiger partial charge in [-0.2, -0.15) is 5.10 Å². The topological polar surface area (TPSA) is 79.8 Å². The van der Waals surface area contributed by atoms with E-state index in [9.17, 15) is 9.59 Å². The van der Waals surface area contributed by atoms with E-state index in [1.54, 1.807) is 42.5 Å². The van der Waals surface area contributed by atoms with Crippen LogP contribution in [0.4, 0.5) is 5.69 Å². The Balaban J connectivity index is 1.59. The number of hydrogen-bond donors (Lipinski definition) is 2. The zero-order valence-electron chi connectivity index (χ0n) is 16.6. The van der Waals surface area contributed by atoms with E-state index in [0.29, 0.717) is 16.8 Å². The third-order valence-corrected chi connectivity index (χ3v) is 4.76. The smallest absolute Gasteiger partial charge is 0.271 e. The van der Waals surface area contributed by atoms with Gasteiger partial charge < -0.3 is 10.1 Å². The van der Waals surface area contributed by atoms with Gasteiger partial charge in [-0.05, 0) is 48.4 Å². The Morgan fingerprint density at radius 1 is 1.00 bits per heavy atom. The second kappa shape index (κ2) is 10.6. The molecule has 3 rings (SSSR count). The summed E-state index contributed by atoms with van der Waals surface area (Å²) in [6, 6.07) is 19.3. The zero-order valence-corrected chi connectivity index (χ0v) is 18.1. The number of halogens is 2. The second-order valence-corrected chi connectivity index (χ2v) is 7.34. The van der Waals surface area contributed by atoms with Gasteiger partial charge in [0.1, 0.15) is 0 Å². The number of carbonyl (C=O) groups is 2. The average molecular weight is 456 g/mol. The molecule has 0 fully saturated rings. The number of nitrogens with one attached hydrogen (secondary N) is 2. The Hall–Kier alpha value is -3.35. The highest BCUT2D eigenvalue weighted by Gasteiger charge is 2.12. The Morgan fingerprint density at radius 2 is 1.65 bits per heavy atom. The van der Waals surface area contributed by atoms with Gasteiger partial charge in [-0.1, -0.05) is 59.6 Å². The number of amides is 2. The van der Waals surface area contributed by atoms with Crippen molar-refractivity contribution in [3.05, 3.63) is 93.5 Å². The first-order valence-electron chi connectivity index (χ1n) is 9.30. The lowest BCUT2D eigenvalue weighted by Crippen LogP contribution is -2.20. The number of para-hydroxylation sites is 1. The van der Waals surface area contributed by atoms with E-state index in [1.807, 2.05) is 31.2 Å². The summed E-state index contributed by atoms with van der Waals surface area (Å²) in [7, 11) is 0. The molecule has 0 saturated heterocycles. The van der Waals surface area contributed by atoms with Crippen LogP contribution in [0.1, 0.15) is 21.5 Å². The first-order chi connectivity index (χ1) is 14.9. The van der Waals surface area contributed by atoms with Crippen LogP contribution in [-0.4, -0.2) is 24.6 Å². The number of anilines is 1. The van der Waals surface area contributed by atoms with Crippen LogP contribution < -0.4 is 15.5 Å². The first kappa shape index (κ1) is 22.3.